The van der Waals surface area contributed by atoms with Gasteiger partial charge in [-0.2, -0.15) is 0 Å². The number of rotatable bonds is 5. The number of carbonyl (C=O) groups is 1. The maximum absolute atomic E-state index is 12.3. The molecule has 0 aromatic carbocycles. The molecule has 3 rings (SSSR count). The molecule has 0 bridgehead atoms. The van der Waals surface area contributed by atoms with Crippen molar-refractivity contribution in [3.8, 4) is 0 Å². The molecule has 0 atom stereocenters. The van der Waals surface area contributed by atoms with E-state index in [9.17, 15) is 13.2 Å². The van der Waals surface area contributed by atoms with Crippen LogP contribution in [0.4, 0.5) is 0 Å². The lowest BCUT2D eigenvalue weighted by Crippen LogP contribution is -2.46. The van der Waals surface area contributed by atoms with Crippen molar-refractivity contribution in [3.05, 3.63) is 36.3 Å². The first-order valence-corrected chi connectivity index (χ1v) is 9.32. The number of hydrogen-bond donors (Lipinski definition) is 1. The van der Waals surface area contributed by atoms with Gasteiger partial charge in [0.15, 0.2) is 0 Å². The standard InChI is InChI=1S/C15H19N3O3S/c1-22(20,21)11-15(5-2-6-15)10-17-14(19)12-3-4-13-16-7-8-18(13)9-12/h3-4,7-9H,2,5-6,10-11H2,1H3,(H,17,19). The molecule has 1 saturated carbocycles. The Hall–Kier alpha value is -1.89. The van der Waals surface area contributed by atoms with Crippen LogP contribution in [0.5, 0.6) is 0 Å². The summed E-state index contributed by atoms with van der Waals surface area (Å²) in [4.78, 5) is 16.4. The molecule has 0 spiro atoms. The largest absolute Gasteiger partial charge is 0.351 e. The molecule has 2 aromatic rings. The zero-order valence-electron chi connectivity index (χ0n) is 12.4. The fourth-order valence-electron chi connectivity index (χ4n) is 3.03. The molecule has 0 aliphatic heterocycles. The topological polar surface area (TPSA) is 80.5 Å². The van der Waals surface area contributed by atoms with Crippen LogP contribution in [0.3, 0.4) is 0 Å². The van der Waals surface area contributed by atoms with Gasteiger partial charge in [-0.15, -0.1) is 0 Å². The summed E-state index contributed by atoms with van der Waals surface area (Å²) in [7, 11) is -3.04. The van der Waals surface area contributed by atoms with Crippen molar-refractivity contribution < 1.29 is 13.2 Å². The highest BCUT2D eigenvalue weighted by atomic mass is 32.2. The van der Waals surface area contributed by atoms with Crippen molar-refractivity contribution in [2.75, 3.05) is 18.6 Å². The predicted molar refractivity (Wildman–Crippen MR) is 83.5 cm³/mol. The third-order valence-electron chi connectivity index (χ3n) is 4.26. The number of amides is 1. The van der Waals surface area contributed by atoms with Gasteiger partial charge in [-0.3, -0.25) is 4.79 Å². The van der Waals surface area contributed by atoms with Gasteiger partial charge >= 0.3 is 0 Å². The summed E-state index contributed by atoms with van der Waals surface area (Å²) in [6.45, 7) is 0.404. The molecule has 6 nitrogen and oxygen atoms in total. The molecule has 0 unspecified atom stereocenters. The number of hydrogen-bond acceptors (Lipinski definition) is 4. The Balaban J connectivity index is 1.68. The van der Waals surface area contributed by atoms with E-state index in [1.807, 2.05) is 0 Å². The van der Waals surface area contributed by atoms with Crippen LogP contribution < -0.4 is 5.32 Å². The van der Waals surface area contributed by atoms with E-state index in [1.54, 1.807) is 35.1 Å². The van der Waals surface area contributed by atoms with Gasteiger partial charge in [0.25, 0.3) is 5.91 Å². The van der Waals surface area contributed by atoms with Gasteiger partial charge < -0.3 is 9.72 Å². The number of aromatic nitrogens is 2. The number of pyridine rings is 1. The quantitative estimate of drug-likeness (QED) is 0.899. The number of imidazole rings is 1. The minimum atomic E-state index is -3.04. The summed E-state index contributed by atoms with van der Waals surface area (Å²) in [6, 6.07) is 3.51. The van der Waals surface area contributed by atoms with Crippen LogP contribution >= 0.6 is 0 Å². The average Bonchev–Trinajstić information content (AvgIpc) is 2.87. The van der Waals surface area contributed by atoms with Crippen LogP contribution in [0.25, 0.3) is 5.65 Å². The highest BCUT2D eigenvalue weighted by Gasteiger charge is 2.40. The van der Waals surface area contributed by atoms with Crippen LogP contribution in [-0.2, 0) is 9.84 Å². The number of sulfone groups is 1. The fraction of sp³-hybridized carbons (Fsp3) is 0.467. The van der Waals surface area contributed by atoms with Crippen LogP contribution in [0.15, 0.2) is 30.7 Å². The highest BCUT2D eigenvalue weighted by molar-refractivity contribution is 7.90. The van der Waals surface area contributed by atoms with Gasteiger partial charge in [0.2, 0.25) is 0 Å². The number of nitrogens with one attached hydrogen (secondary N) is 1. The molecule has 2 heterocycles. The molecular formula is C15H19N3O3S. The van der Waals surface area contributed by atoms with Gasteiger partial charge in [-0.05, 0) is 25.0 Å². The average molecular weight is 321 g/mol. The summed E-state index contributed by atoms with van der Waals surface area (Å²) in [5.41, 5.74) is 1.03. The lowest BCUT2D eigenvalue weighted by molar-refractivity contribution is 0.0893. The SMILES string of the molecule is CS(=O)(=O)CC1(CNC(=O)c2ccc3nccn3c2)CCC1. The highest BCUT2D eigenvalue weighted by Crippen LogP contribution is 2.41. The zero-order valence-corrected chi connectivity index (χ0v) is 13.3. The van der Waals surface area contributed by atoms with Crippen molar-refractivity contribution >= 4 is 21.4 Å². The molecular weight excluding hydrogens is 302 g/mol. The van der Waals surface area contributed by atoms with Crippen molar-refractivity contribution in [1.82, 2.24) is 14.7 Å². The van der Waals surface area contributed by atoms with Crippen molar-refractivity contribution in [2.45, 2.75) is 19.3 Å². The van der Waals surface area contributed by atoms with Crippen LogP contribution in [-0.4, -0.2) is 42.3 Å². The monoisotopic (exact) mass is 321 g/mol. The number of carbonyl (C=O) groups excluding carboxylic acids is 1. The van der Waals surface area contributed by atoms with E-state index in [4.69, 9.17) is 0 Å². The van der Waals surface area contributed by atoms with E-state index in [0.29, 0.717) is 12.1 Å². The molecule has 0 saturated heterocycles. The van der Waals surface area contributed by atoms with Gasteiger partial charge in [0, 0.05) is 36.8 Å². The second kappa shape index (κ2) is 5.39. The lowest BCUT2D eigenvalue weighted by atomic mass is 9.70. The molecule has 1 aliphatic rings. The van der Waals surface area contributed by atoms with E-state index in [0.717, 1.165) is 24.9 Å². The van der Waals surface area contributed by atoms with Crippen LogP contribution in [0.2, 0.25) is 0 Å². The Labute approximate surface area is 129 Å². The second-order valence-corrected chi connectivity index (χ2v) is 8.36. The summed E-state index contributed by atoms with van der Waals surface area (Å²) >= 11 is 0. The minimum absolute atomic E-state index is 0.140. The first-order valence-electron chi connectivity index (χ1n) is 7.26. The van der Waals surface area contributed by atoms with E-state index in [1.165, 1.54) is 6.26 Å². The molecule has 1 amide bonds. The van der Waals surface area contributed by atoms with Crippen molar-refractivity contribution in [2.24, 2.45) is 5.41 Å². The molecule has 1 N–H and O–H groups in total. The molecule has 1 fully saturated rings. The third-order valence-corrected chi connectivity index (χ3v) is 5.39. The van der Waals surface area contributed by atoms with Crippen molar-refractivity contribution in [1.29, 1.82) is 0 Å². The molecule has 1 aliphatic carbocycles. The van der Waals surface area contributed by atoms with Gasteiger partial charge in [0.1, 0.15) is 15.5 Å². The zero-order chi connectivity index (χ0) is 15.8. The smallest absolute Gasteiger partial charge is 0.252 e. The van der Waals surface area contributed by atoms with E-state index in [2.05, 4.69) is 10.3 Å². The van der Waals surface area contributed by atoms with Gasteiger partial charge in [-0.25, -0.2) is 13.4 Å². The van der Waals surface area contributed by atoms with Crippen LogP contribution in [0.1, 0.15) is 29.6 Å². The Morgan fingerprint density at radius 1 is 1.41 bits per heavy atom. The summed E-state index contributed by atoms with van der Waals surface area (Å²) in [5, 5.41) is 2.88. The normalized spacial score (nSPS) is 17.1. The summed E-state index contributed by atoms with van der Waals surface area (Å²) < 4.78 is 24.9. The molecule has 0 radical (unpaired) electrons. The summed E-state index contributed by atoms with van der Waals surface area (Å²) in [6.07, 6.45) is 9.15. The Bertz CT molecular complexity index is 806. The lowest BCUT2D eigenvalue weighted by Gasteiger charge is -2.41. The molecule has 22 heavy (non-hydrogen) atoms. The Morgan fingerprint density at radius 3 is 2.82 bits per heavy atom. The second-order valence-electron chi connectivity index (χ2n) is 6.22. The van der Waals surface area contributed by atoms with E-state index in [-0.39, 0.29) is 17.1 Å². The van der Waals surface area contributed by atoms with Gasteiger partial charge in [-0.1, -0.05) is 6.42 Å². The fourth-order valence-corrected chi connectivity index (χ4v) is 4.53. The molecule has 7 heteroatoms. The molecule has 118 valence electrons. The maximum atomic E-state index is 12.3. The van der Waals surface area contributed by atoms with E-state index >= 15 is 0 Å². The predicted octanol–water partition coefficient (Wildman–Crippen LogP) is 1.28. The van der Waals surface area contributed by atoms with Crippen LogP contribution in [0, 0.1) is 5.41 Å². The number of fused-ring (bicyclic) bond motifs is 1. The van der Waals surface area contributed by atoms with Gasteiger partial charge in [0.05, 0.1) is 11.3 Å². The number of nitrogens with zero attached hydrogens (tertiary/aromatic N) is 2. The van der Waals surface area contributed by atoms with E-state index < -0.39 is 9.84 Å². The molecule has 2 aromatic heterocycles. The maximum Gasteiger partial charge on any atom is 0.252 e. The first kappa shape index (κ1) is 15.0. The summed E-state index contributed by atoms with van der Waals surface area (Å²) in [5.74, 6) is -0.0451. The minimum Gasteiger partial charge on any atom is -0.351 e. The Morgan fingerprint density at radius 2 is 2.18 bits per heavy atom. The third kappa shape index (κ3) is 3.14. The Kier molecular flexibility index (Phi) is 3.68. The van der Waals surface area contributed by atoms with Crippen molar-refractivity contribution in [3.63, 3.8) is 0 Å². The first-order chi connectivity index (χ1) is 10.4.